The minimum Gasteiger partial charge on any atom is -0.333 e. The Hall–Kier alpha value is -1.24. The van der Waals surface area contributed by atoms with Gasteiger partial charge >= 0.3 is 0 Å². The molecule has 0 saturated heterocycles. The molecular weight excluding hydrogens is 254 g/mol. The van der Waals surface area contributed by atoms with Crippen molar-refractivity contribution >= 4 is 32.1 Å². The Balaban J connectivity index is 1.93. The van der Waals surface area contributed by atoms with Crippen LogP contribution in [0.15, 0.2) is 22.0 Å². The van der Waals surface area contributed by atoms with Gasteiger partial charge in [-0.05, 0) is 24.4 Å². The normalized spacial score (nSPS) is 13.3. The molecule has 3 rings (SSSR count). The average molecular weight is 265 g/mol. The molecule has 6 heteroatoms. The third-order valence-corrected chi connectivity index (χ3v) is 4.40. The largest absolute Gasteiger partial charge is 0.333 e. The van der Waals surface area contributed by atoms with Crippen molar-refractivity contribution < 1.29 is 4.52 Å². The summed E-state index contributed by atoms with van der Waals surface area (Å²) in [5.74, 6) is 1.26. The molecule has 3 heterocycles. The maximum absolute atomic E-state index is 5.70. The van der Waals surface area contributed by atoms with Crippen LogP contribution in [0.1, 0.15) is 12.7 Å². The van der Waals surface area contributed by atoms with E-state index in [1.165, 1.54) is 9.40 Å². The number of nitrogens with zero attached hydrogens (tertiary/aromatic N) is 2. The summed E-state index contributed by atoms with van der Waals surface area (Å²) in [7, 11) is 0. The van der Waals surface area contributed by atoms with Crippen LogP contribution in [0.4, 0.5) is 0 Å². The number of hydrogen-bond donors (Lipinski definition) is 1. The molecule has 3 aromatic rings. The van der Waals surface area contributed by atoms with Gasteiger partial charge in [-0.25, -0.2) is 0 Å². The van der Waals surface area contributed by atoms with Gasteiger partial charge in [0.1, 0.15) is 0 Å². The Labute approximate surface area is 106 Å². The second-order valence-corrected chi connectivity index (χ2v) is 5.99. The number of thiophene rings is 2. The van der Waals surface area contributed by atoms with Crippen LogP contribution in [0, 0.1) is 0 Å². The average Bonchev–Trinajstić information content (AvgIpc) is 2.87. The van der Waals surface area contributed by atoms with Crippen molar-refractivity contribution in [3.8, 4) is 10.8 Å². The molecule has 0 saturated carbocycles. The van der Waals surface area contributed by atoms with Crippen LogP contribution >= 0.6 is 22.7 Å². The van der Waals surface area contributed by atoms with Gasteiger partial charge in [0.05, 0.1) is 4.88 Å². The Kier molecular flexibility index (Phi) is 2.70. The molecule has 1 unspecified atom stereocenters. The third-order valence-electron chi connectivity index (χ3n) is 2.32. The van der Waals surface area contributed by atoms with E-state index in [-0.39, 0.29) is 6.04 Å². The summed E-state index contributed by atoms with van der Waals surface area (Å²) in [6.07, 6.45) is 0.642. The van der Waals surface area contributed by atoms with Crippen molar-refractivity contribution in [3.63, 3.8) is 0 Å². The molecular formula is C11H11N3OS2. The molecule has 0 bridgehead atoms. The van der Waals surface area contributed by atoms with Crippen LogP contribution in [0.2, 0.25) is 0 Å². The zero-order valence-corrected chi connectivity index (χ0v) is 10.8. The fourth-order valence-corrected chi connectivity index (χ4v) is 3.63. The first-order valence-corrected chi connectivity index (χ1v) is 6.97. The van der Waals surface area contributed by atoms with Gasteiger partial charge in [0.15, 0.2) is 5.82 Å². The van der Waals surface area contributed by atoms with Crippen LogP contribution < -0.4 is 5.73 Å². The summed E-state index contributed by atoms with van der Waals surface area (Å²) < 4.78 is 7.77. The molecule has 0 aromatic carbocycles. The molecule has 0 aliphatic rings. The molecule has 17 heavy (non-hydrogen) atoms. The second-order valence-electron chi connectivity index (χ2n) is 3.96. The number of nitrogens with two attached hydrogens (primary N) is 1. The highest BCUT2D eigenvalue weighted by atomic mass is 32.1. The lowest BCUT2D eigenvalue weighted by Gasteiger charge is -1.96. The summed E-state index contributed by atoms with van der Waals surface area (Å²) in [5, 5.41) is 6.01. The number of aromatic nitrogens is 2. The molecule has 88 valence electrons. The number of hydrogen-bond acceptors (Lipinski definition) is 6. The van der Waals surface area contributed by atoms with E-state index in [2.05, 4.69) is 27.7 Å². The first-order valence-electron chi connectivity index (χ1n) is 5.28. The zero-order chi connectivity index (χ0) is 11.8. The van der Waals surface area contributed by atoms with Crippen LogP contribution in [0.5, 0.6) is 0 Å². The predicted molar refractivity (Wildman–Crippen MR) is 70.3 cm³/mol. The minimum absolute atomic E-state index is 0.0484. The molecule has 0 spiro atoms. The van der Waals surface area contributed by atoms with E-state index in [0.717, 1.165) is 4.88 Å². The Morgan fingerprint density at radius 3 is 3.12 bits per heavy atom. The van der Waals surface area contributed by atoms with Crippen molar-refractivity contribution in [1.82, 2.24) is 10.1 Å². The van der Waals surface area contributed by atoms with Crippen molar-refractivity contribution in [3.05, 3.63) is 23.3 Å². The molecule has 4 nitrogen and oxygen atoms in total. The standard InChI is InChI=1S/C11H11N3OS2/c1-6(12)4-10-13-11(15-14-10)9-5-8-7(17-9)2-3-16-8/h2-3,5-6H,4,12H2,1H3. The van der Waals surface area contributed by atoms with E-state index in [1.54, 1.807) is 22.7 Å². The van der Waals surface area contributed by atoms with E-state index in [1.807, 2.05) is 6.92 Å². The van der Waals surface area contributed by atoms with Crippen LogP contribution in [-0.4, -0.2) is 16.2 Å². The molecule has 0 radical (unpaired) electrons. The van der Waals surface area contributed by atoms with Crippen LogP contribution in [-0.2, 0) is 6.42 Å². The first kappa shape index (κ1) is 10.9. The minimum atomic E-state index is 0.0484. The van der Waals surface area contributed by atoms with Gasteiger partial charge in [-0.3, -0.25) is 0 Å². The second kappa shape index (κ2) is 4.21. The third kappa shape index (κ3) is 2.11. The van der Waals surface area contributed by atoms with E-state index >= 15 is 0 Å². The maximum atomic E-state index is 5.70. The monoisotopic (exact) mass is 265 g/mol. The summed E-state index contributed by atoms with van der Waals surface area (Å²) >= 11 is 3.39. The van der Waals surface area contributed by atoms with Crippen LogP contribution in [0.3, 0.4) is 0 Å². The number of rotatable bonds is 3. The Bertz CT molecular complexity index is 609. The van der Waals surface area contributed by atoms with Crippen LogP contribution in [0.25, 0.3) is 20.2 Å². The molecule has 0 aliphatic heterocycles. The maximum Gasteiger partial charge on any atom is 0.268 e. The topological polar surface area (TPSA) is 64.9 Å². The molecule has 2 N–H and O–H groups in total. The summed E-state index contributed by atoms with van der Waals surface area (Å²) in [6.45, 7) is 1.93. The summed E-state index contributed by atoms with van der Waals surface area (Å²) in [4.78, 5) is 5.38. The summed E-state index contributed by atoms with van der Waals surface area (Å²) in [5.41, 5.74) is 5.70. The fraction of sp³-hybridized carbons (Fsp3) is 0.273. The molecule has 0 fully saturated rings. The predicted octanol–water partition coefficient (Wildman–Crippen LogP) is 2.90. The fourth-order valence-electron chi connectivity index (χ4n) is 1.60. The van der Waals surface area contributed by atoms with Gasteiger partial charge in [-0.15, -0.1) is 22.7 Å². The van der Waals surface area contributed by atoms with Gasteiger partial charge in [0, 0.05) is 21.9 Å². The smallest absolute Gasteiger partial charge is 0.268 e. The van der Waals surface area contributed by atoms with Gasteiger partial charge in [0.25, 0.3) is 5.89 Å². The first-order chi connectivity index (χ1) is 8.22. The molecule has 0 aliphatic carbocycles. The van der Waals surface area contributed by atoms with Crippen molar-refractivity contribution in [2.45, 2.75) is 19.4 Å². The number of fused-ring (bicyclic) bond motifs is 1. The lowest BCUT2D eigenvalue weighted by atomic mass is 10.2. The van der Waals surface area contributed by atoms with E-state index in [4.69, 9.17) is 10.3 Å². The van der Waals surface area contributed by atoms with E-state index < -0.39 is 0 Å². The molecule has 3 aromatic heterocycles. The Morgan fingerprint density at radius 2 is 2.35 bits per heavy atom. The van der Waals surface area contributed by atoms with Gasteiger partial charge in [-0.1, -0.05) is 5.16 Å². The van der Waals surface area contributed by atoms with Gasteiger partial charge < -0.3 is 10.3 Å². The van der Waals surface area contributed by atoms with E-state index in [9.17, 15) is 0 Å². The van der Waals surface area contributed by atoms with Gasteiger partial charge in [0.2, 0.25) is 0 Å². The quantitative estimate of drug-likeness (QED) is 0.790. The molecule has 1 atom stereocenters. The molecule has 0 amide bonds. The van der Waals surface area contributed by atoms with Crippen molar-refractivity contribution in [1.29, 1.82) is 0 Å². The lowest BCUT2D eigenvalue weighted by molar-refractivity contribution is 0.421. The summed E-state index contributed by atoms with van der Waals surface area (Å²) in [6, 6.07) is 4.24. The SMILES string of the molecule is CC(N)Cc1noc(-c2cc3sccc3s2)n1. The van der Waals surface area contributed by atoms with Gasteiger partial charge in [-0.2, -0.15) is 4.98 Å². The lowest BCUT2D eigenvalue weighted by Crippen LogP contribution is -2.18. The Morgan fingerprint density at radius 1 is 1.47 bits per heavy atom. The highest BCUT2D eigenvalue weighted by molar-refractivity contribution is 7.28. The highest BCUT2D eigenvalue weighted by Gasteiger charge is 2.13. The van der Waals surface area contributed by atoms with E-state index in [0.29, 0.717) is 18.1 Å². The highest BCUT2D eigenvalue weighted by Crippen LogP contribution is 2.35. The zero-order valence-electron chi connectivity index (χ0n) is 9.21. The van der Waals surface area contributed by atoms with Crippen molar-refractivity contribution in [2.24, 2.45) is 5.73 Å². The van der Waals surface area contributed by atoms with Crippen molar-refractivity contribution in [2.75, 3.05) is 0 Å².